The van der Waals surface area contributed by atoms with Crippen LogP contribution >= 0.6 is 0 Å². The van der Waals surface area contributed by atoms with E-state index in [9.17, 15) is 0 Å². The fraction of sp³-hybridized carbons (Fsp3) is 1.00. The van der Waals surface area contributed by atoms with Crippen molar-refractivity contribution >= 4 is 0 Å². The van der Waals surface area contributed by atoms with Gasteiger partial charge in [0, 0.05) is 0 Å². The molecule has 3 nitrogen and oxygen atoms in total. The maximum atomic E-state index is 5.34. The van der Waals surface area contributed by atoms with Gasteiger partial charge in [-0.3, -0.25) is 0 Å². The normalized spacial score (nSPS) is 25.0. The van der Waals surface area contributed by atoms with Gasteiger partial charge in [-0.15, -0.1) is 0 Å². The van der Waals surface area contributed by atoms with E-state index in [1.807, 2.05) is 0 Å². The highest BCUT2D eigenvalue weighted by Crippen LogP contribution is 2.16. The summed E-state index contributed by atoms with van der Waals surface area (Å²) < 4.78 is 5.01. The Hall–Kier alpha value is -0.120. The Balaban J connectivity index is 1.81. The molecular weight excluding hydrogens is 116 g/mol. The average Bonchev–Trinajstić information content (AvgIpc) is 2.48. The van der Waals surface area contributed by atoms with Gasteiger partial charge in [-0.05, 0) is 19.3 Å². The fourth-order valence-corrected chi connectivity index (χ4v) is 0.816. The van der Waals surface area contributed by atoms with Crippen molar-refractivity contribution in [2.75, 3.05) is 6.61 Å². The molecular formula is C6H14N2O. The average molecular weight is 130 g/mol. The third-order valence-corrected chi connectivity index (χ3v) is 1.47. The van der Waals surface area contributed by atoms with Crippen LogP contribution in [-0.4, -0.2) is 18.9 Å². The Morgan fingerprint density at radius 1 is 1.56 bits per heavy atom. The molecule has 1 aliphatic rings. The van der Waals surface area contributed by atoms with Gasteiger partial charge in [0.2, 0.25) is 0 Å². The first-order chi connectivity index (χ1) is 4.29. The van der Waals surface area contributed by atoms with Crippen LogP contribution in [0.2, 0.25) is 0 Å². The first-order valence-electron chi connectivity index (χ1n) is 3.42. The van der Waals surface area contributed by atoms with Gasteiger partial charge in [-0.2, -0.15) is 0 Å². The Morgan fingerprint density at radius 2 is 2.22 bits per heavy atom. The largest absolute Gasteiger partial charge is 0.373 e. The Labute approximate surface area is 55.4 Å². The standard InChI is InChI=1S/C6H14N2O/c7-6(8)3-1-2-5-4-9-5/h5-6H,1-4,7-8H2. The van der Waals surface area contributed by atoms with Crippen LogP contribution in [0.25, 0.3) is 0 Å². The monoisotopic (exact) mass is 130 g/mol. The second-order valence-electron chi connectivity index (χ2n) is 2.55. The van der Waals surface area contributed by atoms with Gasteiger partial charge in [0.25, 0.3) is 0 Å². The molecule has 0 radical (unpaired) electrons. The van der Waals surface area contributed by atoms with Gasteiger partial charge >= 0.3 is 0 Å². The van der Waals surface area contributed by atoms with Crippen LogP contribution in [0.1, 0.15) is 19.3 Å². The molecule has 1 aliphatic heterocycles. The van der Waals surface area contributed by atoms with E-state index in [-0.39, 0.29) is 6.17 Å². The summed E-state index contributed by atoms with van der Waals surface area (Å²) in [4.78, 5) is 0. The molecule has 1 unspecified atom stereocenters. The molecule has 1 heterocycles. The Kier molecular flexibility index (Phi) is 2.45. The SMILES string of the molecule is NC(N)CCCC1CO1. The zero-order valence-electron chi connectivity index (χ0n) is 5.55. The molecule has 0 bridgehead atoms. The van der Waals surface area contributed by atoms with Crippen LogP contribution < -0.4 is 11.5 Å². The first-order valence-corrected chi connectivity index (χ1v) is 3.42. The first kappa shape index (κ1) is 6.99. The third kappa shape index (κ3) is 3.46. The summed E-state index contributed by atoms with van der Waals surface area (Å²) in [6, 6.07) is 0. The molecule has 0 spiro atoms. The predicted octanol–water partition coefficient (Wildman–Crippen LogP) is -0.201. The summed E-state index contributed by atoms with van der Waals surface area (Å²) in [5.41, 5.74) is 10.7. The van der Waals surface area contributed by atoms with E-state index in [4.69, 9.17) is 16.2 Å². The minimum Gasteiger partial charge on any atom is -0.373 e. The highest BCUT2D eigenvalue weighted by Gasteiger charge is 2.21. The number of rotatable bonds is 4. The lowest BCUT2D eigenvalue weighted by atomic mass is 10.2. The van der Waals surface area contributed by atoms with Crippen molar-refractivity contribution in [2.45, 2.75) is 31.5 Å². The topological polar surface area (TPSA) is 64.6 Å². The van der Waals surface area contributed by atoms with Gasteiger partial charge in [0.1, 0.15) is 0 Å². The van der Waals surface area contributed by atoms with Crippen LogP contribution in [0, 0.1) is 0 Å². The second kappa shape index (κ2) is 3.15. The van der Waals surface area contributed by atoms with Crippen molar-refractivity contribution in [1.82, 2.24) is 0 Å². The van der Waals surface area contributed by atoms with Crippen molar-refractivity contribution < 1.29 is 4.74 Å². The summed E-state index contributed by atoms with van der Waals surface area (Å²) in [5, 5.41) is 0. The maximum Gasteiger partial charge on any atom is 0.0810 e. The molecule has 0 aromatic carbocycles. The van der Waals surface area contributed by atoms with E-state index in [1.165, 1.54) is 0 Å². The van der Waals surface area contributed by atoms with E-state index in [2.05, 4.69) is 0 Å². The van der Waals surface area contributed by atoms with Crippen molar-refractivity contribution in [2.24, 2.45) is 11.5 Å². The van der Waals surface area contributed by atoms with E-state index < -0.39 is 0 Å². The quantitative estimate of drug-likeness (QED) is 0.409. The van der Waals surface area contributed by atoms with E-state index in [1.54, 1.807) is 0 Å². The molecule has 4 N–H and O–H groups in total. The third-order valence-electron chi connectivity index (χ3n) is 1.47. The van der Waals surface area contributed by atoms with Crippen molar-refractivity contribution in [3.05, 3.63) is 0 Å². The van der Waals surface area contributed by atoms with Crippen molar-refractivity contribution in [1.29, 1.82) is 0 Å². The van der Waals surface area contributed by atoms with Crippen LogP contribution in [0.15, 0.2) is 0 Å². The smallest absolute Gasteiger partial charge is 0.0810 e. The number of hydrogen-bond donors (Lipinski definition) is 2. The van der Waals surface area contributed by atoms with E-state index in [0.29, 0.717) is 6.10 Å². The highest BCUT2D eigenvalue weighted by atomic mass is 16.6. The summed E-state index contributed by atoms with van der Waals surface area (Å²) in [7, 11) is 0. The molecule has 3 heteroatoms. The zero-order chi connectivity index (χ0) is 6.69. The predicted molar refractivity (Wildman–Crippen MR) is 35.8 cm³/mol. The lowest BCUT2D eigenvalue weighted by Crippen LogP contribution is -2.29. The number of hydrogen-bond acceptors (Lipinski definition) is 3. The molecule has 0 amide bonds. The minimum absolute atomic E-state index is 0.135. The number of ether oxygens (including phenoxy) is 1. The van der Waals surface area contributed by atoms with Crippen LogP contribution in [0.5, 0.6) is 0 Å². The molecule has 0 saturated carbocycles. The van der Waals surface area contributed by atoms with Gasteiger partial charge in [0.15, 0.2) is 0 Å². The Morgan fingerprint density at radius 3 is 2.67 bits per heavy atom. The summed E-state index contributed by atoms with van der Waals surface area (Å²) in [6.07, 6.45) is 3.54. The van der Waals surface area contributed by atoms with Gasteiger partial charge in [0.05, 0.1) is 18.9 Å². The van der Waals surface area contributed by atoms with Crippen molar-refractivity contribution in [3.63, 3.8) is 0 Å². The molecule has 0 aromatic rings. The zero-order valence-corrected chi connectivity index (χ0v) is 5.55. The molecule has 1 rings (SSSR count). The number of nitrogens with two attached hydrogens (primary N) is 2. The van der Waals surface area contributed by atoms with Crippen LogP contribution in [-0.2, 0) is 4.74 Å². The number of epoxide rings is 1. The fourth-order valence-electron chi connectivity index (χ4n) is 0.816. The highest BCUT2D eigenvalue weighted by molar-refractivity contribution is 4.69. The molecule has 1 fully saturated rings. The summed E-state index contributed by atoms with van der Waals surface area (Å²) in [6.45, 7) is 0.944. The Bertz CT molecular complexity index is 79.1. The van der Waals surface area contributed by atoms with Crippen molar-refractivity contribution in [3.8, 4) is 0 Å². The van der Waals surface area contributed by atoms with Gasteiger partial charge in [-0.25, -0.2) is 0 Å². The molecule has 0 aliphatic carbocycles. The summed E-state index contributed by atoms with van der Waals surface area (Å²) in [5.74, 6) is 0. The molecule has 9 heavy (non-hydrogen) atoms. The second-order valence-corrected chi connectivity index (χ2v) is 2.55. The van der Waals surface area contributed by atoms with Gasteiger partial charge in [-0.1, -0.05) is 0 Å². The molecule has 1 atom stereocenters. The molecule has 0 aromatic heterocycles. The van der Waals surface area contributed by atoms with E-state index in [0.717, 1.165) is 25.9 Å². The van der Waals surface area contributed by atoms with Crippen LogP contribution in [0.4, 0.5) is 0 Å². The van der Waals surface area contributed by atoms with Crippen LogP contribution in [0.3, 0.4) is 0 Å². The lowest BCUT2D eigenvalue weighted by Gasteiger charge is -2.01. The minimum atomic E-state index is -0.135. The van der Waals surface area contributed by atoms with Gasteiger partial charge < -0.3 is 16.2 Å². The lowest BCUT2D eigenvalue weighted by molar-refractivity contribution is 0.386. The summed E-state index contributed by atoms with van der Waals surface area (Å²) >= 11 is 0. The molecule has 54 valence electrons. The van der Waals surface area contributed by atoms with E-state index >= 15 is 0 Å². The molecule has 1 saturated heterocycles. The maximum absolute atomic E-state index is 5.34.